The molecule has 0 aliphatic rings. The topological polar surface area (TPSA) is 17.1 Å². The Balaban J connectivity index is 0.00000242. The van der Waals surface area contributed by atoms with E-state index in [-0.39, 0.29) is 38.4 Å². The van der Waals surface area contributed by atoms with E-state index in [2.05, 4.69) is 32.9 Å². The average molecular weight is 305 g/mol. The van der Waals surface area contributed by atoms with Gasteiger partial charge in [-0.15, -0.1) is 0 Å². The second-order valence-corrected chi connectivity index (χ2v) is 7.84. The molecule has 0 bridgehead atoms. The molecule has 2 aromatic carbocycles. The Bertz CT molecular complexity index is 634. The molecule has 0 N–H and O–H groups in total. The van der Waals surface area contributed by atoms with Crippen molar-refractivity contribution >= 4 is 19.4 Å². The molecule has 0 aliphatic carbocycles. The second kappa shape index (κ2) is 7.61. The van der Waals surface area contributed by atoms with Gasteiger partial charge in [-0.3, -0.25) is 4.79 Å². The Morgan fingerprint density at radius 1 is 0.955 bits per heavy atom. The van der Waals surface area contributed by atoms with Crippen molar-refractivity contribution in [1.29, 1.82) is 0 Å². The third-order valence-electron chi connectivity index (χ3n) is 3.66. The molecular weight excluding hydrogens is 282 g/mol. The minimum atomic E-state index is 0. The number of hydrogen-bond donors (Lipinski definition) is 0. The molecule has 0 fully saturated rings. The second-order valence-electron chi connectivity index (χ2n) is 6.56. The van der Waals surface area contributed by atoms with Gasteiger partial charge in [-0.05, 0) is 49.8 Å². The van der Waals surface area contributed by atoms with Gasteiger partial charge >= 0.3 is 18.9 Å². The van der Waals surface area contributed by atoms with E-state index in [0.29, 0.717) is 0 Å². The molecule has 0 saturated carbocycles. The maximum absolute atomic E-state index is 12.6. The van der Waals surface area contributed by atoms with Crippen LogP contribution in [0.1, 0.15) is 47.8 Å². The molecule has 1 unspecified atom stereocenters. The van der Waals surface area contributed by atoms with Gasteiger partial charge in [0, 0.05) is 5.56 Å². The monoisotopic (exact) mass is 305 g/mol. The molecule has 1 nitrogen and oxygen atoms in total. The van der Waals surface area contributed by atoms with Crippen molar-refractivity contribution in [2.24, 2.45) is 0 Å². The summed E-state index contributed by atoms with van der Waals surface area (Å²) in [4.78, 5) is 12.6. The Morgan fingerprint density at radius 3 is 1.91 bits per heavy atom. The fourth-order valence-electron chi connectivity index (χ4n) is 2.47. The minimum absolute atomic E-state index is 0. The molecule has 0 saturated heterocycles. The van der Waals surface area contributed by atoms with E-state index < -0.39 is 0 Å². The summed E-state index contributed by atoms with van der Waals surface area (Å²) in [6.07, 6.45) is 0. The predicted octanol–water partition coefficient (Wildman–Crippen LogP) is 1.75. The largest absolute Gasteiger partial charge is 1.00 e. The molecule has 1 atom stereocenters. The molecule has 0 radical (unpaired) electrons. The maximum Gasteiger partial charge on any atom is 1.00 e. The van der Waals surface area contributed by atoms with Crippen LogP contribution >= 0.6 is 8.58 Å². The summed E-state index contributed by atoms with van der Waals surface area (Å²) in [5.74, 6) is 0. The Kier molecular flexibility index (Phi) is 6.63. The van der Waals surface area contributed by atoms with E-state index in [1.165, 1.54) is 5.56 Å². The summed E-state index contributed by atoms with van der Waals surface area (Å²) in [7, 11) is 0.193. The third-order valence-corrected chi connectivity index (χ3v) is 4.76. The van der Waals surface area contributed by atoms with Crippen LogP contribution < -0.4 is 24.2 Å². The van der Waals surface area contributed by atoms with Gasteiger partial charge in [0.05, 0.1) is 0 Å². The van der Waals surface area contributed by atoms with Crippen LogP contribution in [0.15, 0.2) is 42.5 Å². The first kappa shape index (κ1) is 19.2. The first-order valence-electron chi connectivity index (χ1n) is 7.27. The Labute approximate surface area is 147 Å². The van der Waals surface area contributed by atoms with Crippen molar-refractivity contribution in [3.05, 3.63) is 64.7 Å². The van der Waals surface area contributed by atoms with E-state index in [9.17, 15) is 4.79 Å². The standard InChI is InChI=1S/C19H23OP.Li/c1-13-11-15(19(3,4)5)12-14(2)17(13)18(20)21-16-9-7-6-8-10-16;/h6-12,21H,1-5H3;/q;+1. The van der Waals surface area contributed by atoms with Gasteiger partial charge in [-0.2, -0.15) is 0 Å². The molecule has 110 valence electrons. The SMILES string of the molecule is Cc1cc(C(C)(C)C)cc(C)c1C(=O)Pc1ccccc1.[Li+]. The first-order chi connectivity index (χ1) is 9.79. The molecule has 3 heteroatoms. The van der Waals surface area contributed by atoms with Crippen LogP contribution in [0, 0.1) is 13.8 Å². The van der Waals surface area contributed by atoms with Gasteiger partial charge in [0.2, 0.25) is 0 Å². The number of carbonyl (C=O) groups is 1. The summed E-state index contributed by atoms with van der Waals surface area (Å²) in [6, 6.07) is 14.3. The zero-order valence-corrected chi connectivity index (χ0v) is 15.4. The minimum Gasteiger partial charge on any atom is -0.289 e. The maximum atomic E-state index is 12.6. The molecule has 0 spiro atoms. The van der Waals surface area contributed by atoms with Crippen molar-refractivity contribution in [2.45, 2.75) is 40.0 Å². The molecule has 0 amide bonds. The van der Waals surface area contributed by atoms with Crippen LogP contribution in [0.5, 0.6) is 0 Å². The van der Waals surface area contributed by atoms with Crippen molar-refractivity contribution in [1.82, 2.24) is 0 Å². The van der Waals surface area contributed by atoms with Crippen LogP contribution in [0.25, 0.3) is 0 Å². The van der Waals surface area contributed by atoms with Crippen molar-refractivity contribution in [2.75, 3.05) is 0 Å². The Hall–Kier alpha value is -0.863. The van der Waals surface area contributed by atoms with E-state index >= 15 is 0 Å². The van der Waals surface area contributed by atoms with Crippen LogP contribution in [0.2, 0.25) is 0 Å². The number of benzene rings is 2. The van der Waals surface area contributed by atoms with Gasteiger partial charge in [-0.25, -0.2) is 0 Å². The number of aryl methyl sites for hydroxylation is 2. The quantitative estimate of drug-likeness (QED) is 0.624. The zero-order chi connectivity index (χ0) is 15.6. The number of carbonyl (C=O) groups excluding carboxylic acids is 1. The zero-order valence-electron chi connectivity index (χ0n) is 14.4. The molecule has 0 aliphatic heterocycles. The Morgan fingerprint density at radius 2 is 1.45 bits per heavy atom. The van der Waals surface area contributed by atoms with E-state index in [1.807, 2.05) is 44.2 Å². The third kappa shape index (κ3) is 4.56. The summed E-state index contributed by atoms with van der Waals surface area (Å²) in [6.45, 7) is 10.7. The molecule has 22 heavy (non-hydrogen) atoms. The van der Waals surface area contributed by atoms with Crippen LogP contribution in [-0.2, 0) is 5.41 Å². The molecule has 2 aromatic rings. The van der Waals surface area contributed by atoms with Crippen molar-refractivity contribution in [3.8, 4) is 0 Å². The van der Waals surface area contributed by atoms with Crippen molar-refractivity contribution < 1.29 is 23.7 Å². The summed E-state index contributed by atoms with van der Waals surface area (Å²) in [5, 5.41) is 1.10. The average Bonchev–Trinajstić information content (AvgIpc) is 2.37. The van der Waals surface area contributed by atoms with Gasteiger partial charge in [0.25, 0.3) is 0 Å². The van der Waals surface area contributed by atoms with Gasteiger partial charge in [-0.1, -0.05) is 63.2 Å². The van der Waals surface area contributed by atoms with Crippen LogP contribution in [-0.4, -0.2) is 5.52 Å². The predicted molar refractivity (Wildman–Crippen MR) is 93.3 cm³/mol. The van der Waals surface area contributed by atoms with Gasteiger partial charge in [0.15, 0.2) is 5.52 Å². The van der Waals surface area contributed by atoms with Crippen LogP contribution in [0.4, 0.5) is 0 Å². The molecule has 0 heterocycles. The normalized spacial score (nSPS) is 11.5. The fraction of sp³-hybridized carbons (Fsp3) is 0.316. The van der Waals surface area contributed by atoms with E-state index in [4.69, 9.17) is 0 Å². The van der Waals surface area contributed by atoms with E-state index in [0.717, 1.165) is 22.0 Å². The fourth-order valence-corrected chi connectivity index (χ4v) is 3.61. The van der Waals surface area contributed by atoms with Crippen LogP contribution in [0.3, 0.4) is 0 Å². The smallest absolute Gasteiger partial charge is 0.289 e. The molecular formula is C19H23LiOP+. The van der Waals surface area contributed by atoms with E-state index in [1.54, 1.807) is 0 Å². The summed E-state index contributed by atoms with van der Waals surface area (Å²) >= 11 is 0. The van der Waals surface area contributed by atoms with Crippen molar-refractivity contribution in [3.63, 3.8) is 0 Å². The summed E-state index contributed by atoms with van der Waals surface area (Å²) in [5.41, 5.74) is 4.71. The molecule has 0 aromatic heterocycles. The van der Waals surface area contributed by atoms with Gasteiger partial charge in [0.1, 0.15) is 0 Å². The number of hydrogen-bond acceptors (Lipinski definition) is 1. The van der Waals surface area contributed by atoms with Gasteiger partial charge < -0.3 is 0 Å². The first-order valence-corrected chi connectivity index (χ1v) is 8.27. The molecule has 2 rings (SSSR count). The number of rotatable bonds is 3. The summed E-state index contributed by atoms with van der Waals surface area (Å²) < 4.78 is 0.